The number of ether oxygens (including phenoxy) is 4. The largest absolute Gasteiger partial charge is 0.743 e. The van der Waals surface area contributed by atoms with Crippen LogP contribution in [0.2, 0.25) is 0 Å². The van der Waals surface area contributed by atoms with Crippen LogP contribution >= 0.6 is 0 Å². The number of alkyl halides is 6. The third-order valence-corrected chi connectivity index (χ3v) is 17.8. The summed E-state index contributed by atoms with van der Waals surface area (Å²) in [5.41, 5.74) is 6.86. The average Bonchev–Trinajstić information content (AvgIpc) is 2.66. The summed E-state index contributed by atoms with van der Waals surface area (Å²) in [4.78, 5) is 0. The molecule has 4 aromatic rings. The highest BCUT2D eigenvalue weighted by molar-refractivity contribution is 7.88. The van der Waals surface area contributed by atoms with E-state index in [4.69, 9.17) is 18.9 Å². The second-order valence-corrected chi connectivity index (χ2v) is 25.0. The van der Waals surface area contributed by atoms with Crippen molar-refractivity contribution in [3.05, 3.63) is 118 Å². The lowest BCUT2D eigenvalue weighted by Gasteiger charge is -2.32. The number of hydrogen-bond acceptors (Lipinski definition) is 11. The predicted octanol–water partition coefficient (Wildman–Crippen LogP) is 18.0. The Kier molecular flexibility index (Phi) is 29.0. The van der Waals surface area contributed by atoms with Crippen LogP contribution in [0.4, 0.5) is 26.3 Å². The Hall–Kier alpha value is -4.56. The monoisotopic (exact) mass is 1200 g/mol. The van der Waals surface area contributed by atoms with E-state index in [-0.39, 0.29) is 18.5 Å². The van der Waals surface area contributed by atoms with E-state index < -0.39 is 42.4 Å². The van der Waals surface area contributed by atoms with Gasteiger partial charge in [0.15, 0.2) is 22.7 Å². The van der Waals surface area contributed by atoms with Crippen molar-refractivity contribution in [3.63, 3.8) is 0 Å². The minimum Gasteiger partial charge on any atom is -0.743 e. The highest BCUT2D eigenvalue weighted by Gasteiger charge is 2.81. The Morgan fingerprint density at radius 1 is 0.549 bits per heavy atom. The molecule has 0 amide bonds. The van der Waals surface area contributed by atoms with E-state index >= 15 is 0 Å². The fourth-order valence-corrected chi connectivity index (χ4v) is 10.6. The maximum atomic E-state index is 13.6. The number of aryl methyl sites for hydroxylation is 2. The van der Waals surface area contributed by atoms with Crippen LogP contribution in [-0.4, -0.2) is 68.2 Å². The van der Waals surface area contributed by atoms with Gasteiger partial charge in [-0.25, -0.2) is 8.42 Å². The molecule has 0 radical (unpaired) electrons. The molecule has 464 valence electrons. The smallest absolute Gasteiger partial charge is 0.450 e. The standard InChI is InChI=1S/C21H34O2.C18H28O2.C13H14F6O6S2.C11H16O/c1-5-16(2)20-11-12-21(17(3)15-20)23-18(4)22-14-13-19-9-7-6-8-10-19;1-4-14(2)16-10-12-18(13-11-16)20-15(3)19-17-8-6-5-7-9-17;1-3-8(2)9-4-6-10(7-5-9)25-27(23,24)13(18,19)11(14,15)12(16,17)26(20,21)22;1-4-8(2)10-5-6-11(12)9(3)7-10/h11-12,15-16,18-19H,5-10,13-14H2,1-4H3;10-15,17H,4-9H2,1-3H3;4-8H,3H2,1-2H3,(H,20,21,22);5-8,12H,4H2,1-3H3/p-1. The van der Waals surface area contributed by atoms with E-state index in [2.05, 4.69) is 101 Å². The molecule has 82 heavy (non-hydrogen) atoms. The molecule has 0 bridgehead atoms. The van der Waals surface area contributed by atoms with E-state index in [0.29, 0.717) is 41.6 Å². The van der Waals surface area contributed by atoms with E-state index in [9.17, 15) is 52.8 Å². The van der Waals surface area contributed by atoms with Gasteiger partial charge in [-0.15, -0.1) is 0 Å². The summed E-state index contributed by atoms with van der Waals surface area (Å²) in [6.45, 7) is 25.8. The van der Waals surface area contributed by atoms with Gasteiger partial charge in [0.05, 0.1) is 12.7 Å². The molecule has 19 heteroatoms. The van der Waals surface area contributed by atoms with Crippen molar-refractivity contribution in [1.82, 2.24) is 0 Å². The van der Waals surface area contributed by atoms with Crippen molar-refractivity contribution in [2.75, 3.05) is 6.61 Å². The van der Waals surface area contributed by atoms with Gasteiger partial charge in [0.2, 0.25) is 0 Å². The molecule has 6 unspecified atom stereocenters. The van der Waals surface area contributed by atoms with Gasteiger partial charge in [-0.1, -0.05) is 155 Å². The van der Waals surface area contributed by atoms with Crippen LogP contribution in [0.1, 0.15) is 223 Å². The summed E-state index contributed by atoms with van der Waals surface area (Å²) in [7, 11) is -14.1. The second-order valence-electron chi connectivity index (χ2n) is 22.0. The minimum absolute atomic E-state index is 0.0256. The van der Waals surface area contributed by atoms with Gasteiger partial charge in [0.1, 0.15) is 23.0 Å². The molecule has 0 heterocycles. The molecule has 6 rings (SSSR count). The Morgan fingerprint density at radius 3 is 1.43 bits per heavy atom. The summed E-state index contributed by atoms with van der Waals surface area (Å²) >= 11 is 0. The molecule has 4 aromatic carbocycles. The maximum absolute atomic E-state index is 13.6. The molecule has 1 N–H and O–H groups in total. The molecule has 0 saturated heterocycles. The first-order valence-corrected chi connectivity index (χ1v) is 31.9. The number of benzene rings is 4. The van der Waals surface area contributed by atoms with Gasteiger partial charge in [0.25, 0.3) is 0 Å². The van der Waals surface area contributed by atoms with Gasteiger partial charge in [-0.05, 0) is 172 Å². The Balaban J connectivity index is 0.000000296. The van der Waals surface area contributed by atoms with Gasteiger partial charge in [-0.2, -0.15) is 34.8 Å². The number of aromatic hydroxyl groups is 1. The van der Waals surface area contributed by atoms with Crippen molar-refractivity contribution < 1.29 is 76.0 Å². The molecular formula is C63H91F6O11S2-. The number of phenolic OH excluding ortho intramolecular Hbond substituents is 1. The van der Waals surface area contributed by atoms with Crippen LogP contribution in [-0.2, 0) is 29.7 Å². The second kappa shape index (κ2) is 33.2. The number of halogens is 6. The zero-order valence-electron chi connectivity index (χ0n) is 50.1. The lowest BCUT2D eigenvalue weighted by atomic mass is 9.87. The van der Waals surface area contributed by atoms with Crippen molar-refractivity contribution in [2.45, 2.75) is 238 Å². The molecule has 0 spiro atoms. The fraction of sp³-hybridized carbons (Fsp3) is 0.619. The number of phenols is 1. The van der Waals surface area contributed by atoms with Gasteiger partial charge < -0.3 is 32.8 Å². The molecule has 6 atom stereocenters. The summed E-state index contributed by atoms with van der Waals surface area (Å²) in [5.74, 6) is -3.13. The molecule has 2 aliphatic carbocycles. The van der Waals surface area contributed by atoms with Gasteiger partial charge in [-0.3, -0.25) is 0 Å². The minimum atomic E-state index is -7.33. The fourth-order valence-electron chi connectivity index (χ4n) is 9.21. The predicted molar refractivity (Wildman–Crippen MR) is 311 cm³/mol. The lowest BCUT2D eigenvalue weighted by molar-refractivity contribution is -0.247. The van der Waals surface area contributed by atoms with Gasteiger partial charge in [0, 0.05) is 0 Å². The topological polar surface area (TPSA) is 158 Å². The van der Waals surface area contributed by atoms with Crippen molar-refractivity contribution >= 4 is 20.2 Å². The summed E-state index contributed by atoms with van der Waals surface area (Å²) in [6, 6.07) is 24.9. The van der Waals surface area contributed by atoms with Crippen molar-refractivity contribution in [2.24, 2.45) is 5.92 Å². The van der Waals surface area contributed by atoms with Crippen molar-refractivity contribution in [3.8, 4) is 23.0 Å². The lowest BCUT2D eigenvalue weighted by Crippen LogP contribution is -2.61. The summed E-state index contributed by atoms with van der Waals surface area (Å²) in [5, 5.41) is -4.36. The third-order valence-electron chi connectivity index (χ3n) is 15.6. The zero-order valence-corrected chi connectivity index (χ0v) is 51.8. The zero-order chi connectivity index (χ0) is 61.6. The summed E-state index contributed by atoms with van der Waals surface area (Å²) in [6.07, 6.45) is 18.7. The molecule has 11 nitrogen and oxygen atoms in total. The number of rotatable bonds is 24. The van der Waals surface area contributed by atoms with Crippen molar-refractivity contribution in [1.29, 1.82) is 0 Å². The first-order chi connectivity index (χ1) is 38.4. The van der Waals surface area contributed by atoms with E-state index in [1.54, 1.807) is 13.0 Å². The highest BCUT2D eigenvalue weighted by atomic mass is 32.2. The van der Waals surface area contributed by atoms with Crippen LogP contribution in [0.3, 0.4) is 0 Å². The highest BCUT2D eigenvalue weighted by Crippen LogP contribution is 2.51. The molecule has 2 aliphatic rings. The molecule has 0 aliphatic heterocycles. The Bertz CT molecular complexity index is 2720. The van der Waals surface area contributed by atoms with Crippen LogP contribution in [0, 0.1) is 19.8 Å². The first kappa shape index (κ1) is 71.7. The van der Waals surface area contributed by atoms with Crippen LogP contribution < -0.4 is 13.7 Å². The van der Waals surface area contributed by atoms with Crippen LogP contribution in [0.25, 0.3) is 0 Å². The number of hydrogen-bond donors (Lipinski definition) is 1. The van der Waals surface area contributed by atoms with Gasteiger partial charge >= 0.3 is 26.5 Å². The quantitative estimate of drug-likeness (QED) is 0.0308. The summed E-state index contributed by atoms with van der Waals surface area (Å²) < 4.78 is 161. The normalized spacial score (nSPS) is 17.0. The average molecular weight is 1200 g/mol. The molecule has 2 saturated carbocycles. The van der Waals surface area contributed by atoms with E-state index in [0.717, 1.165) is 48.1 Å². The molecular weight excluding hydrogens is 1110 g/mol. The van der Waals surface area contributed by atoms with E-state index in [1.165, 1.54) is 118 Å². The molecule has 2 fully saturated rings. The SMILES string of the molecule is CCC(C)c1ccc(O)c(C)c1.CCC(C)c1ccc(OC(C)OC2CCCCC2)cc1.CCC(C)c1ccc(OC(C)OCCC2CCCCC2)c(C)c1.CCC(C)c1ccc(OS(=O)(=O)C(F)(F)C(F)(F)C(F)(F)S(=O)(=O)[O-])cc1. The first-order valence-electron chi connectivity index (χ1n) is 29.1. The molecule has 0 aromatic heterocycles. The van der Waals surface area contributed by atoms with Crippen LogP contribution in [0.15, 0.2) is 84.9 Å². The third kappa shape index (κ3) is 21.2. The van der Waals surface area contributed by atoms with Crippen LogP contribution in [0.5, 0.6) is 23.0 Å². The Morgan fingerprint density at radius 2 is 0.976 bits per heavy atom. The maximum Gasteiger partial charge on any atom is 0.450 e. The van der Waals surface area contributed by atoms with E-state index in [1.807, 2.05) is 33.8 Å². The Labute approximate surface area is 486 Å².